The fourth-order valence-electron chi connectivity index (χ4n) is 3.98. The van der Waals surface area contributed by atoms with Gasteiger partial charge in [-0.05, 0) is 56.9 Å². The predicted molar refractivity (Wildman–Crippen MR) is 93.2 cm³/mol. The first-order valence-electron chi connectivity index (χ1n) is 9.04. The summed E-state index contributed by atoms with van der Waals surface area (Å²) in [5.41, 5.74) is 1.47. The van der Waals surface area contributed by atoms with Crippen molar-refractivity contribution in [3.63, 3.8) is 0 Å². The Bertz CT molecular complexity index is 812. The second-order valence-electron chi connectivity index (χ2n) is 7.09. The highest BCUT2D eigenvalue weighted by Gasteiger charge is 2.34. The number of nitrogens with zero attached hydrogens (tertiary/aromatic N) is 3. The maximum atomic E-state index is 12.6. The van der Waals surface area contributed by atoms with Crippen molar-refractivity contribution in [2.45, 2.75) is 57.3 Å². The van der Waals surface area contributed by atoms with E-state index in [0.29, 0.717) is 23.5 Å². The van der Waals surface area contributed by atoms with Crippen LogP contribution < -0.4 is 15.4 Å². The van der Waals surface area contributed by atoms with Gasteiger partial charge in [0.1, 0.15) is 5.75 Å². The number of carbonyl (C=O) groups is 1. The Hall–Kier alpha value is -2.55. The molecule has 1 aromatic heterocycles. The summed E-state index contributed by atoms with van der Waals surface area (Å²) in [4.78, 5) is 12.6. The number of alkyl halides is 2. The average molecular weight is 377 g/mol. The first kappa shape index (κ1) is 17.8. The maximum Gasteiger partial charge on any atom is 0.387 e. The Labute approximate surface area is 155 Å². The Balaban J connectivity index is 1.46. The molecule has 2 fully saturated rings. The number of rotatable bonds is 5. The van der Waals surface area contributed by atoms with E-state index in [1.165, 1.54) is 16.8 Å². The van der Waals surface area contributed by atoms with Crippen LogP contribution >= 0.6 is 0 Å². The molecule has 1 aromatic carbocycles. The van der Waals surface area contributed by atoms with Gasteiger partial charge in [0.25, 0.3) is 5.91 Å². The Morgan fingerprint density at radius 3 is 2.56 bits per heavy atom. The van der Waals surface area contributed by atoms with Gasteiger partial charge in [0.2, 0.25) is 0 Å². The van der Waals surface area contributed by atoms with Gasteiger partial charge in [-0.3, -0.25) is 4.79 Å². The second-order valence-corrected chi connectivity index (χ2v) is 7.09. The van der Waals surface area contributed by atoms with Crippen molar-refractivity contribution in [3.8, 4) is 11.4 Å². The molecule has 2 N–H and O–H groups in total. The molecule has 0 aliphatic carbocycles. The van der Waals surface area contributed by atoms with Gasteiger partial charge in [-0.25, -0.2) is 4.68 Å². The SMILES string of the molecule is Cc1c(C(=O)NC2CC3CCC(C2)N3)nnn1-c1ccc(OC(F)F)cc1. The van der Waals surface area contributed by atoms with E-state index in [1.54, 1.807) is 19.1 Å². The largest absolute Gasteiger partial charge is 0.435 e. The van der Waals surface area contributed by atoms with Crippen molar-refractivity contribution in [2.75, 3.05) is 0 Å². The summed E-state index contributed by atoms with van der Waals surface area (Å²) in [6.45, 7) is -1.12. The summed E-state index contributed by atoms with van der Waals surface area (Å²) in [5, 5.41) is 14.7. The fourth-order valence-corrected chi connectivity index (χ4v) is 3.98. The van der Waals surface area contributed by atoms with Crippen LogP contribution in [0.5, 0.6) is 5.75 Å². The van der Waals surface area contributed by atoms with Crippen LogP contribution in [0.4, 0.5) is 8.78 Å². The summed E-state index contributed by atoms with van der Waals surface area (Å²) in [5.74, 6) is -0.173. The number of carbonyl (C=O) groups excluding carboxylic acids is 1. The minimum absolute atomic E-state index is 0.0602. The van der Waals surface area contributed by atoms with Crippen molar-refractivity contribution in [1.29, 1.82) is 0 Å². The highest BCUT2D eigenvalue weighted by molar-refractivity contribution is 5.93. The van der Waals surface area contributed by atoms with Crippen molar-refractivity contribution in [3.05, 3.63) is 35.7 Å². The number of fused-ring (bicyclic) bond motifs is 2. The van der Waals surface area contributed by atoms with Crippen LogP contribution in [0.2, 0.25) is 0 Å². The van der Waals surface area contributed by atoms with E-state index >= 15 is 0 Å². The normalized spacial score (nSPS) is 24.2. The number of halogens is 2. The van der Waals surface area contributed by atoms with Gasteiger partial charge in [-0.2, -0.15) is 8.78 Å². The molecule has 2 saturated heterocycles. The smallest absolute Gasteiger partial charge is 0.387 e. The van der Waals surface area contributed by atoms with Gasteiger partial charge in [0.15, 0.2) is 5.69 Å². The van der Waals surface area contributed by atoms with Crippen molar-refractivity contribution >= 4 is 5.91 Å². The van der Waals surface area contributed by atoms with E-state index in [0.717, 1.165) is 25.7 Å². The third kappa shape index (κ3) is 3.78. The molecule has 9 heteroatoms. The predicted octanol–water partition coefficient (Wildman–Crippen LogP) is 2.19. The van der Waals surface area contributed by atoms with Crippen LogP contribution in [-0.2, 0) is 0 Å². The van der Waals surface area contributed by atoms with Crippen LogP contribution in [0.25, 0.3) is 5.69 Å². The molecule has 0 spiro atoms. The molecule has 27 heavy (non-hydrogen) atoms. The van der Waals surface area contributed by atoms with Gasteiger partial charge in [0, 0.05) is 18.1 Å². The van der Waals surface area contributed by atoms with E-state index in [9.17, 15) is 13.6 Å². The van der Waals surface area contributed by atoms with E-state index < -0.39 is 6.61 Å². The third-order valence-corrected chi connectivity index (χ3v) is 5.22. The number of ether oxygens (including phenoxy) is 1. The number of aromatic nitrogens is 3. The molecule has 1 amide bonds. The zero-order chi connectivity index (χ0) is 19.0. The van der Waals surface area contributed by atoms with E-state index in [1.807, 2.05) is 0 Å². The van der Waals surface area contributed by atoms with Crippen LogP contribution in [0.15, 0.2) is 24.3 Å². The molecule has 2 aliphatic rings. The van der Waals surface area contributed by atoms with Crippen molar-refractivity contribution in [2.24, 2.45) is 0 Å². The fraction of sp³-hybridized carbons (Fsp3) is 0.500. The highest BCUT2D eigenvalue weighted by atomic mass is 19.3. The van der Waals surface area contributed by atoms with Gasteiger partial charge in [0.05, 0.1) is 11.4 Å². The van der Waals surface area contributed by atoms with Crippen LogP contribution in [0.1, 0.15) is 41.9 Å². The maximum absolute atomic E-state index is 12.6. The summed E-state index contributed by atoms with van der Waals surface area (Å²) in [6.07, 6.45) is 4.19. The lowest BCUT2D eigenvalue weighted by molar-refractivity contribution is -0.0498. The second kappa shape index (κ2) is 7.22. The van der Waals surface area contributed by atoms with Crippen molar-refractivity contribution in [1.82, 2.24) is 25.6 Å². The topological polar surface area (TPSA) is 81.1 Å². The molecule has 2 atom stereocenters. The first-order chi connectivity index (χ1) is 13.0. The van der Waals surface area contributed by atoms with E-state index in [-0.39, 0.29) is 23.4 Å². The van der Waals surface area contributed by atoms with Gasteiger partial charge in [-0.1, -0.05) is 5.21 Å². The molecule has 2 aliphatic heterocycles. The highest BCUT2D eigenvalue weighted by Crippen LogP contribution is 2.27. The molecule has 3 heterocycles. The average Bonchev–Trinajstić information content (AvgIpc) is 3.17. The lowest BCUT2D eigenvalue weighted by Crippen LogP contribution is -2.48. The number of hydrogen-bond donors (Lipinski definition) is 2. The quantitative estimate of drug-likeness (QED) is 0.835. The zero-order valence-corrected chi connectivity index (χ0v) is 14.9. The zero-order valence-electron chi connectivity index (χ0n) is 14.9. The molecule has 7 nitrogen and oxygen atoms in total. The minimum Gasteiger partial charge on any atom is -0.435 e. The lowest BCUT2D eigenvalue weighted by atomic mass is 9.99. The number of amides is 1. The molecular formula is C18H21F2N5O2. The first-order valence-corrected chi connectivity index (χ1v) is 9.04. The monoisotopic (exact) mass is 377 g/mol. The number of benzene rings is 1. The number of nitrogens with one attached hydrogen (secondary N) is 2. The van der Waals surface area contributed by atoms with Crippen LogP contribution in [0, 0.1) is 6.92 Å². The van der Waals surface area contributed by atoms with Crippen LogP contribution in [0.3, 0.4) is 0 Å². The van der Waals surface area contributed by atoms with Gasteiger partial charge >= 0.3 is 6.61 Å². The molecule has 2 aromatic rings. The Morgan fingerprint density at radius 2 is 1.93 bits per heavy atom. The number of piperidine rings is 1. The van der Waals surface area contributed by atoms with Crippen molar-refractivity contribution < 1.29 is 18.3 Å². The molecule has 144 valence electrons. The standard InChI is InChI=1S/C18H21F2N5O2/c1-10-16(17(26)22-13-8-11-2-3-12(9-13)21-11)23-24-25(10)14-4-6-15(7-5-14)27-18(19)20/h4-7,11-13,18,21H,2-3,8-9H2,1H3,(H,22,26). The molecular weight excluding hydrogens is 356 g/mol. The molecule has 2 bridgehead atoms. The Morgan fingerprint density at radius 1 is 1.26 bits per heavy atom. The summed E-state index contributed by atoms with van der Waals surface area (Å²) >= 11 is 0. The summed E-state index contributed by atoms with van der Waals surface area (Å²) in [7, 11) is 0. The molecule has 2 unspecified atom stereocenters. The molecule has 4 rings (SSSR count). The summed E-state index contributed by atoms with van der Waals surface area (Å²) < 4.78 is 30.3. The van der Waals surface area contributed by atoms with Crippen LogP contribution in [-0.4, -0.2) is 45.6 Å². The number of hydrogen-bond acceptors (Lipinski definition) is 5. The minimum atomic E-state index is -2.87. The van der Waals surface area contributed by atoms with E-state index in [4.69, 9.17) is 0 Å². The van der Waals surface area contributed by atoms with Gasteiger partial charge in [-0.15, -0.1) is 5.10 Å². The van der Waals surface area contributed by atoms with Gasteiger partial charge < -0.3 is 15.4 Å². The molecule has 0 saturated carbocycles. The van der Waals surface area contributed by atoms with E-state index in [2.05, 4.69) is 25.7 Å². The third-order valence-electron chi connectivity index (χ3n) is 5.22. The summed E-state index contributed by atoms with van der Waals surface area (Å²) in [6, 6.07) is 7.14. The molecule has 0 radical (unpaired) electrons. The Kier molecular flexibility index (Phi) is 4.77. The lowest BCUT2D eigenvalue weighted by Gasteiger charge is -2.29.